The molecule has 0 atom stereocenters. The van der Waals surface area contributed by atoms with E-state index in [1.807, 2.05) is 10.8 Å². The maximum absolute atomic E-state index is 11.9. The van der Waals surface area contributed by atoms with Crippen LogP contribution in [0.1, 0.15) is 23.2 Å². The van der Waals surface area contributed by atoms with Gasteiger partial charge in [-0.1, -0.05) is 0 Å². The molecule has 1 N–H and O–H groups in total. The molecule has 0 aliphatic heterocycles. The summed E-state index contributed by atoms with van der Waals surface area (Å²) in [7, 11) is -3.61. The molecule has 1 aromatic carbocycles. The zero-order valence-electron chi connectivity index (χ0n) is 11.7. The number of pyridine rings is 1. The fourth-order valence-corrected chi connectivity index (χ4v) is 2.99. The summed E-state index contributed by atoms with van der Waals surface area (Å²) in [5.74, 6) is -0.00844. The Hall–Kier alpha value is -1.67. The van der Waals surface area contributed by atoms with Gasteiger partial charge in [-0.05, 0) is 47.0 Å². The molecular formula is C14H13BrN2O4S. The van der Waals surface area contributed by atoms with Gasteiger partial charge in [-0.3, -0.25) is 9.78 Å². The van der Waals surface area contributed by atoms with Crippen LogP contribution in [0.4, 0.5) is 0 Å². The molecule has 1 aromatic heterocycles. The lowest BCUT2D eigenvalue weighted by Gasteiger charge is -2.09. The van der Waals surface area contributed by atoms with Crippen molar-refractivity contribution in [3.63, 3.8) is 0 Å². The zero-order valence-corrected chi connectivity index (χ0v) is 14.1. The monoisotopic (exact) mass is 384 g/mol. The molecule has 0 spiro atoms. The molecule has 6 nitrogen and oxygen atoms in total. The molecule has 1 heterocycles. The maximum Gasteiger partial charge on any atom is 0.266 e. The SMILES string of the molecule is CS(=O)(=O)NC(=O)c1cnc2c(Br)cc(OC3CC3)cc2c1. The first kappa shape index (κ1) is 15.2. The zero-order chi connectivity index (χ0) is 15.9. The molecule has 0 bridgehead atoms. The van der Waals surface area contributed by atoms with Crippen LogP contribution in [0.3, 0.4) is 0 Å². The third kappa shape index (κ3) is 3.56. The summed E-state index contributed by atoms with van der Waals surface area (Å²) in [6.07, 6.45) is 4.62. The molecule has 116 valence electrons. The van der Waals surface area contributed by atoms with E-state index in [1.54, 1.807) is 12.1 Å². The number of aromatic nitrogens is 1. The molecule has 8 heteroatoms. The average Bonchev–Trinajstić information content (AvgIpc) is 3.20. The highest BCUT2D eigenvalue weighted by Crippen LogP contribution is 2.32. The van der Waals surface area contributed by atoms with E-state index in [0.717, 1.165) is 23.6 Å². The van der Waals surface area contributed by atoms with Gasteiger partial charge in [0.05, 0.1) is 23.4 Å². The smallest absolute Gasteiger partial charge is 0.266 e. The highest BCUT2D eigenvalue weighted by atomic mass is 79.9. The van der Waals surface area contributed by atoms with Gasteiger partial charge in [0.1, 0.15) is 5.75 Å². The van der Waals surface area contributed by atoms with E-state index < -0.39 is 15.9 Å². The number of benzene rings is 1. The fraction of sp³-hybridized carbons (Fsp3) is 0.286. The first-order chi connectivity index (χ1) is 10.3. The van der Waals surface area contributed by atoms with Gasteiger partial charge in [-0.25, -0.2) is 13.1 Å². The molecule has 1 aliphatic carbocycles. The van der Waals surface area contributed by atoms with Crippen LogP contribution in [0.2, 0.25) is 0 Å². The standard InChI is InChI=1S/C14H13BrN2O4S/c1-22(19,20)17-14(18)9-4-8-5-11(21-10-2-3-10)6-12(15)13(8)16-7-9/h4-7,10H,2-3H2,1H3,(H,17,18). The molecular weight excluding hydrogens is 372 g/mol. The minimum Gasteiger partial charge on any atom is -0.490 e. The number of nitrogens with zero attached hydrogens (tertiary/aromatic N) is 1. The minimum atomic E-state index is -3.61. The van der Waals surface area contributed by atoms with Crippen LogP contribution < -0.4 is 9.46 Å². The number of amides is 1. The minimum absolute atomic E-state index is 0.174. The molecule has 1 fully saturated rings. The number of hydrogen-bond acceptors (Lipinski definition) is 5. The van der Waals surface area contributed by atoms with Crippen molar-refractivity contribution < 1.29 is 17.9 Å². The highest BCUT2D eigenvalue weighted by molar-refractivity contribution is 9.10. The Bertz CT molecular complexity index is 863. The van der Waals surface area contributed by atoms with Gasteiger partial charge in [0.15, 0.2) is 0 Å². The Labute approximate surface area is 136 Å². The van der Waals surface area contributed by atoms with Crippen LogP contribution in [0.25, 0.3) is 10.9 Å². The van der Waals surface area contributed by atoms with Crippen LogP contribution in [0.15, 0.2) is 28.9 Å². The van der Waals surface area contributed by atoms with Gasteiger partial charge in [-0.2, -0.15) is 0 Å². The van der Waals surface area contributed by atoms with E-state index in [-0.39, 0.29) is 11.7 Å². The molecule has 1 aliphatic rings. The number of halogens is 1. The van der Waals surface area contributed by atoms with E-state index in [4.69, 9.17) is 4.74 Å². The predicted molar refractivity (Wildman–Crippen MR) is 85.4 cm³/mol. The summed E-state index contributed by atoms with van der Waals surface area (Å²) in [6, 6.07) is 5.22. The summed E-state index contributed by atoms with van der Waals surface area (Å²) >= 11 is 3.43. The quantitative estimate of drug-likeness (QED) is 0.873. The largest absolute Gasteiger partial charge is 0.490 e. The van der Waals surface area contributed by atoms with E-state index in [9.17, 15) is 13.2 Å². The van der Waals surface area contributed by atoms with Crippen LogP contribution in [-0.4, -0.2) is 31.7 Å². The van der Waals surface area contributed by atoms with Crippen molar-refractivity contribution in [2.45, 2.75) is 18.9 Å². The predicted octanol–water partition coefficient (Wildman–Crippen LogP) is 2.23. The lowest BCUT2D eigenvalue weighted by molar-refractivity contribution is 0.0981. The second-order valence-electron chi connectivity index (χ2n) is 5.22. The van der Waals surface area contributed by atoms with E-state index in [0.29, 0.717) is 16.7 Å². The molecule has 1 saturated carbocycles. The number of fused-ring (bicyclic) bond motifs is 1. The van der Waals surface area contributed by atoms with Gasteiger partial charge in [-0.15, -0.1) is 0 Å². The Morgan fingerprint density at radius 1 is 1.36 bits per heavy atom. The number of rotatable bonds is 4. The van der Waals surface area contributed by atoms with E-state index >= 15 is 0 Å². The summed E-state index contributed by atoms with van der Waals surface area (Å²) in [4.78, 5) is 16.1. The van der Waals surface area contributed by atoms with Crippen LogP contribution in [0.5, 0.6) is 5.75 Å². The Morgan fingerprint density at radius 2 is 2.09 bits per heavy atom. The first-order valence-electron chi connectivity index (χ1n) is 6.60. The van der Waals surface area contributed by atoms with Gasteiger partial charge in [0, 0.05) is 16.1 Å². The molecule has 0 radical (unpaired) electrons. The Balaban J connectivity index is 1.98. The molecule has 22 heavy (non-hydrogen) atoms. The average molecular weight is 385 g/mol. The molecule has 0 saturated heterocycles. The molecule has 3 rings (SSSR count). The topological polar surface area (TPSA) is 85.4 Å². The normalized spacial score (nSPS) is 14.8. The van der Waals surface area contributed by atoms with E-state index in [2.05, 4.69) is 20.9 Å². The van der Waals surface area contributed by atoms with Crippen LogP contribution in [0, 0.1) is 0 Å². The van der Waals surface area contributed by atoms with Gasteiger partial charge < -0.3 is 4.74 Å². The van der Waals surface area contributed by atoms with Crippen LogP contribution >= 0.6 is 15.9 Å². The summed E-state index contributed by atoms with van der Waals surface area (Å²) in [5, 5.41) is 0.700. The number of nitrogens with one attached hydrogen (secondary N) is 1. The summed E-state index contributed by atoms with van der Waals surface area (Å²) < 4.78 is 30.7. The lowest BCUT2D eigenvalue weighted by atomic mass is 10.1. The third-order valence-electron chi connectivity index (χ3n) is 3.08. The van der Waals surface area contributed by atoms with E-state index in [1.165, 1.54) is 6.20 Å². The number of hydrogen-bond donors (Lipinski definition) is 1. The fourth-order valence-electron chi connectivity index (χ4n) is 1.98. The van der Waals surface area contributed by atoms with Crippen molar-refractivity contribution in [3.05, 3.63) is 34.4 Å². The van der Waals surface area contributed by atoms with Crippen molar-refractivity contribution in [3.8, 4) is 5.75 Å². The molecule has 2 aromatic rings. The summed E-state index contributed by atoms with van der Waals surface area (Å²) in [5.41, 5.74) is 0.854. The van der Waals surface area contributed by atoms with Crippen molar-refractivity contribution in [2.75, 3.05) is 6.26 Å². The van der Waals surface area contributed by atoms with Crippen molar-refractivity contribution in [2.24, 2.45) is 0 Å². The molecule has 1 amide bonds. The summed E-state index contributed by atoms with van der Waals surface area (Å²) in [6.45, 7) is 0. The number of ether oxygens (including phenoxy) is 1. The Morgan fingerprint density at radius 3 is 2.73 bits per heavy atom. The third-order valence-corrected chi connectivity index (χ3v) is 4.24. The highest BCUT2D eigenvalue weighted by Gasteiger charge is 2.24. The first-order valence-corrected chi connectivity index (χ1v) is 9.28. The van der Waals surface area contributed by atoms with Crippen molar-refractivity contribution >= 4 is 42.8 Å². The Kier molecular flexibility index (Phi) is 3.82. The van der Waals surface area contributed by atoms with Crippen molar-refractivity contribution in [1.29, 1.82) is 0 Å². The van der Waals surface area contributed by atoms with Crippen molar-refractivity contribution in [1.82, 2.24) is 9.71 Å². The second-order valence-corrected chi connectivity index (χ2v) is 7.82. The lowest BCUT2D eigenvalue weighted by Crippen LogP contribution is -2.29. The second kappa shape index (κ2) is 5.51. The molecule has 0 unspecified atom stereocenters. The van der Waals surface area contributed by atoms with Crippen LogP contribution in [-0.2, 0) is 10.0 Å². The maximum atomic E-state index is 11.9. The number of carbonyl (C=O) groups is 1. The number of sulfonamides is 1. The number of carbonyl (C=O) groups excluding carboxylic acids is 1. The van der Waals surface area contributed by atoms with Gasteiger partial charge >= 0.3 is 0 Å². The van der Waals surface area contributed by atoms with Gasteiger partial charge in [0.2, 0.25) is 10.0 Å². The van der Waals surface area contributed by atoms with Gasteiger partial charge in [0.25, 0.3) is 5.91 Å².